The summed E-state index contributed by atoms with van der Waals surface area (Å²) in [7, 11) is 0. The highest BCUT2D eigenvalue weighted by Crippen LogP contribution is 2.23. The van der Waals surface area contributed by atoms with Crippen molar-refractivity contribution in [3.8, 4) is 0 Å². The lowest BCUT2D eigenvalue weighted by Crippen LogP contribution is -2.59. The molecule has 1 heterocycles. The molecular formula is C9H18O6. The molecule has 0 bridgehead atoms. The van der Waals surface area contributed by atoms with Crippen LogP contribution in [0.2, 0.25) is 0 Å². The molecule has 0 aromatic carbocycles. The van der Waals surface area contributed by atoms with E-state index in [4.69, 9.17) is 14.6 Å². The summed E-state index contributed by atoms with van der Waals surface area (Å²) in [5, 5.41) is 37.2. The molecule has 6 heteroatoms. The summed E-state index contributed by atoms with van der Waals surface area (Å²) in [6.45, 7) is 3.13. The number of hydrogen-bond acceptors (Lipinski definition) is 6. The van der Waals surface area contributed by atoms with Gasteiger partial charge in [0.15, 0.2) is 6.29 Å². The number of aliphatic hydroxyl groups excluding tert-OH is 4. The minimum absolute atomic E-state index is 0.176. The SMILES string of the molecule is CC(C)OC1C(CO)O[C@H](O)C(O)C1O. The normalized spacial score (nSPS) is 42.2. The fraction of sp³-hybridized carbons (Fsp3) is 1.00. The number of hydrogen-bond donors (Lipinski definition) is 4. The highest BCUT2D eigenvalue weighted by molar-refractivity contribution is 4.89. The third-order valence-electron chi connectivity index (χ3n) is 2.27. The Balaban J connectivity index is 2.70. The Morgan fingerprint density at radius 3 is 2.27 bits per heavy atom. The van der Waals surface area contributed by atoms with E-state index in [0.29, 0.717) is 0 Å². The predicted octanol–water partition coefficient (Wildman–Crippen LogP) is -1.79. The van der Waals surface area contributed by atoms with Gasteiger partial charge in [0.05, 0.1) is 12.7 Å². The van der Waals surface area contributed by atoms with Crippen molar-refractivity contribution >= 4 is 0 Å². The molecule has 0 aliphatic carbocycles. The summed E-state index contributed by atoms with van der Waals surface area (Å²) in [4.78, 5) is 0. The third kappa shape index (κ3) is 2.87. The van der Waals surface area contributed by atoms with Crippen LogP contribution in [0, 0.1) is 0 Å². The zero-order chi connectivity index (χ0) is 11.6. The highest BCUT2D eigenvalue weighted by atomic mass is 16.7. The van der Waals surface area contributed by atoms with Gasteiger partial charge in [-0.1, -0.05) is 0 Å². The molecule has 1 aliphatic rings. The molecule has 0 aromatic rings. The molecule has 4 N–H and O–H groups in total. The summed E-state index contributed by atoms with van der Waals surface area (Å²) in [6.07, 6.45) is -6.03. The second kappa shape index (κ2) is 5.20. The second-order valence-corrected chi connectivity index (χ2v) is 3.88. The Morgan fingerprint density at radius 1 is 1.20 bits per heavy atom. The Hall–Kier alpha value is -0.240. The molecule has 1 rings (SSSR count). The first-order valence-corrected chi connectivity index (χ1v) is 4.93. The Morgan fingerprint density at radius 2 is 1.80 bits per heavy atom. The van der Waals surface area contributed by atoms with Crippen molar-refractivity contribution in [2.45, 2.75) is 50.7 Å². The van der Waals surface area contributed by atoms with Crippen LogP contribution < -0.4 is 0 Å². The molecular weight excluding hydrogens is 204 g/mol. The van der Waals surface area contributed by atoms with Gasteiger partial charge < -0.3 is 29.9 Å². The zero-order valence-corrected chi connectivity index (χ0v) is 8.78. The quantitative estimate of drug-likeness (QED) is 0.450. The maximum absolute atomic E-state index is 9.63. The molecule has 15 heavy (non-hydrogen) atoms. The van der Waals surface area contributed by atoms with Gasteiger partial charge >= 0.3 is 0 Å². The minimum atomic E-state index is -1.50. The van der Waals surface area contributed by atoms with Crippen LogP contribution in [0.15, 0.2) is 0 Å². The van der Waals surface area contributed by atoms with Crippen molar-refractivity contribution in [3.05, 3.63) is 0 Å². The molecule has 6 nitrogen and oxygen atoms in total. The topological polar surface area (TPSA) is 99.4 Å². The first kappa shape index (κ1) is 12.8. The standard InChI is InChI=1S/C9H18O6/c1-4(2)14-8-5(3-10)15-9(13)7(12)6(8)11/h4-13H,3H2,1-2H3/t5?,6?,7?,8?,9-/m0/s1. The second-order valence-electron chi connectivity index (χ2n) is 3.88. The average Bonchev–Trinajstić information content (AvgIpc) is 2.18. The predicted molar refractivity (Wildman–Crippen MR) is 50.0 cm³/mol. The van der Waals surface area contributed by atoms with Crippen LogP contribution >= 0.6 is 0 Å². The molecule has 4 unspecified atom stereocenters. The summed E-state index contributed by atoms with van der Waals surface area (Å²) >= 11 is 0. The van der Waals surface area contributed by atoms with Gasteiger partial charge in [0.25, 0.3) is 0 Å². The van der Waals surface area contributed by atoms with E-state index in [1.807, 2.05) is 0 Å². The molecule has 0 aromatic heterocycles. The van der Waals surface area contributed by atoms with Crippen molar-refractivity contribution in [1.29, 1.82) is 0 Å². The summed E-state index contributed by atoms with van der Waals surface area (Å²) in [6, 6.07) is 0. The van der Waals surface area contributed by atoms with Crippen LogP contribution in [0.25, 0.3) is 0 Å². The monoisotopic (exact) mass is 222 g/mol. The van der Waals surface area contributed by atoms with Gasteiger partial charge in [0.2, 0.25) is 0 Å². The van der Waals surface area contributed by atoms with Crippen LogP contribution in [0.1, 0.15) is 13.8 Å². The molecule has 1 fully saturated rings. The fourth-order valence-electron chi connectivity index (χ4n) is 1.55. The van der Waals surface area contributed by atoms with Crippen molar-refractivity contribution in [2.24, 2.45) is 0 Å². The largest absolute Gasteiger partial charge is 0.394 e. The molecule has 5 atom stereocenters. The van der Waals surface area contributed by atoms with E-state index in [1.54, 1.807) is 13.8 Å². The number of ether oxygens (including phenoxy) is 2. The van der Waals surface area contributed by atoms with E-state index in [0.717, 1.165) is 0 Å². The van der Waals surface area contributed by atoms with Gasteiger partial charge in [0.1, 0.15) is 24.4 Å². The lowest BCUT2D eigenvalue weighted by Gasteiger charge is -2.40. The van der Waals surface area contributed by atoms with E-state index in [2.05, 4.69) is 0 Å². The molecule has 0 amide bonds. The molecule has 0 radical (unpaired) electrons. The van der Waals surface area contributed by atoms with E-state index in [-0.39, 0.29) is 6.10 Å². The van der Waals surface area contributed by atoms with Gasteiger partial charge in [-0.25, -0.2) is 0 Å². The Bertz CT molecular complexity index is 195. The van der Waals surface area contributed by atoms with Gasteiger partial charge in [-0.05, 0) is 13.8 Å². The van der Waals surface area contributed by atoms with E-state index < -0.39 is 37.3 Å². The molecule has 1 aliphatic heterocycles. The van der Waals surface area contributed by atoms with Crippen LogP contribution in [0.4, 0.5) is 0 Å². The minimum Gasteiger partial charge on any atom is -0.394 e. The third-order valence-corrected chi connectivity index (χ3v) is 2.27. The van der Waals surface area contributed by atoms with Gasteiger partial charge in [0, 0.05) is 0 Å². The highest BCUT2D eigenvalue weighted by Gasteiger charge is 2.44. The van der Waals surface area contributed by atoms with Crippen LogP contribution in [0.3, 0.4) is 0 Å². The summed E-state index contributed by atoms with van der Waals surface area (Å²) in [5.74, 6) is 0. The maximum Gasteiger partial charge on any atom is 0.184 e. The Labute approximate surface area is 88.1 Å². The van der Waals surface area contributed by atoms with E-state index in [1.165, 1.54) is 0 Å². The fourth-order valence-corrected chi connectivity index (χ4v) is 1.55. The smallest absolute Gasteiger partial charge is 0.184 e. The van der Waals surface area contributed by atoms with Crippen molar-refractivity contribution in [1.82, 2.24) is 0 Å². The van der Waals surface area contributed by atoms with Crippen molar-refractivity contribution in [3.63, 3.8) is 0 Å². The maximum atomic E-state index is 9.63. The Kier molecular flexibility index (Phi) is 4.45. The lowest BCUT2D eigenvalue weighted by molar-refractivity contribution is -0.298. The molecule has 1 saturated heterocycles. The number of rotatable bonds is 3. The molecule has 90 valence electrons. The number of aliphatic hydroxyl groups is 4. The van der Waals surface area contributed by atoms with Crippen molar-refractivity contribution in [2.75, 3.05) is 6.61 Å². The summed E-state index contributed by atoms with van der Waals surface area (Å²) in [5.41, 5.74) is 0. The van der Waals surface area contributed by atoms with Crippen LogP contribution in [-0.4, -0.2) is 63.8 Å². The first-order chi connectivity index (χ1) is 6.97. The van der Waals surface area contributed by atoms with Crippen LogP contribution in [0.5, 0.6) is 0 Å². The average molecular weight is 222 g/mol. The van der Waals surface area contributed by atoms with Crippen molar-refractivity contribution < 1.29 is 29.9 Å². The van der Waals surface area contributed by atoms with Gasteiger partial charge in [-0.2, -0.15) is 0 Å². The summed E-state index contributed by atoms with van der Waals surface area (Å²) < 4.78 is 10.2. The van der Waals surface area contributed by atoms with Gasteiger partial charge in [-0.3, -0.25) is 0 Å². The van der Waals surface area contributed by atoms with Crippen LogP contribution in [-0.2, 0) is 9.47 Å². The van der Waals surface area contributed by atoms with Gasteiger partial charge in [-0.15, -0.1) is 0 Å². The zero-order valence-electron chi connectivity index (χ0n) is 8.78. The van der Waals surface area contributed by atoms with E-state index >= 15 is 0 Å². The first-order valence-electron chi connectivity index (χ1n) is 4.93. The molecule has 0 spiro atoms. The van der Waals surface area contributed by atoms with E-state index in [9.17, 15) is 15.3 Å². The lowest BCUT2D eigenvalue weighted by atomic mass is 9.99. The molecule has 0 saturated carbocycles.